The van der Waals surface area contributed by atoms with E-state index in [4.69, 9.17) is 4.74 Å². The van der Waals surface area contributed by atoms with Crippen molar-refractivity contribution >= 4 is 11.6 Å². The van der Waals surface area contributed by atoms with Gasteiger partial charge in [0.1, 0.15) is 5.75 Å². The van der Waals surface area contributed by atoms with E-state index in [1.807, 2.05) is 17.0 Å². The van der Waals surface area contributed by atoms with Gasteiger partial charge in [0.25, 0.3) is 0 Å². The van der Waals surface area contributed by atoms with Crippen LogP contribution in [0.2, 0.25) is 0 Å². The van der Waals surface area contributed by atoms with Crippen LogP contribution in [-0.4, -0.2) is 32.1 Å². The van der Waals surface area contributed by atoms with Crippen molar-refractivity contribution in [2.24, 2.45) is 0 Å². The summed E-state index contributed by atoms with van der Waals surface area (Å²) in [6.45, 7) is 1.74. The molecular weight excluding hydrogens is 252 g/mol. The molecule has 2 aliphatic heterocycles. The van der Waals surface area contributed by atoms with Gasteiger partial charge in [0.15, 0.2) is 0 Å². The summed E-state index contributed by atoms with van der Waals surface area (Å²) in [4.78, 5) is 14.7. The number of hydrogen-bond donors (Lipinski definition) is 1. The molecule has 0 saturated carbocycles. The zero-order chi connectivity index (χ0) is 13.9. The first-order chi connectivity index (χ1) is 9.81. The van der Waals surface area contributed by atoms with Crippen LogP contribution < -0.4 is 15.0 Å². The minimum absolute atomic E-state index is 0.0281. The van der Waals surface area contributed by atoms with Crippen LogP contribution in [0.1, 0.15) is 31.2 Å². The number of carbonyl (C=O) groups excluding carboxylic acids is 1. The molecule has 0 aliphatic carbocycles. The Morgan fingerprint density at radius 2 is 2.25 bits per heavy atom. The Morgan fingerprint density at radius 3 is 3.00 bits per heavy atom. The fourth-order valence-corrected chi connectivity index (χ4v) is 3.25. The maximum atomic E-state index is 12.8. The number of methoxy groups -OCH3 is 1. The Bertz CT molecular complexity index is 481. The number of rotatable bonds is 2. The first kappa shape index (κ1) is 13.4. The fraction of sp³-hybridized carbons (Fsp3) is 0.562. The highest BCUT2D eigenvalue weighted by Crippen LogP contribution is 2.36. The number of amides is 1. The van der Waals surface area contributed by atoms with Crippen molar-refractivity contribution in [3.8, 4) is 5.75 Å². The van der Waals surface area contributed by atoms with Gasteiger partial charge >= 0.3 is 0 Å². The Morgan fingerprint density at radius 1 is 1.35 bits per heavy atom. The molecule has 0 bridgehead atoms. The van der Waals surface area contributed by atoms with Crippen molar-refractivity contribution in [2.75, 3.05) is 25.1 Å². The average molecular weight is 274 g/mol. The average Bonchev–Trinajstić information content (AvgIpc) is 2.53. The number of anilines is 1. The molecule has 0 unspecified atom stereocenters. The van der Waals surface area contributed by atoms with Crippen LogP contribution in [0.4, 0.5) is 5.69 Å². The van der Waals surface area contributed by atoms with Crippen molar-refractivity contribution in [3.63, 3.8) is 0 Å². The second kappa shape index (κ2) is 5.83. The third-order valence-corrected chi connectivity index (χ3v) is 4.27. The van der Waals surface area contributed by atoms with Gasteiger partial charge < -0.3 is 15.0 Å². The van der Waals surface area contributed by atoms with Gasteiger partial charge in [-0.15, -0.1) is 0 Å². The molecule has 20 heavy (non-hydrogen) atoms. The van der Waals surface area contributed by atoms with Gasteiger partial charge in [0.05, 0.1) is 18.8 Å². The summed E-state index contributed by atoms with van der Waals surface area (Å²) in [5.41, 5.74) is 2.21. The Hall–Kier alpha value is -1.55. The number of hydrogen-bond acceptors (Lipinski definition) is 3. The van der Waals surface area contributed by atoms with E-state index in [-0.39, 0.29) is 11.9 Å². The molecule has 0 aromatic heterocycles. The summed E-state index contributed by atoms with van der Waals surface area (Å²) in [5, 5.41) is 3.35. The summed E-state index contributed by atoms with van der Waals surface area (Å²) in [7, 11) is 1.67. The lowest BCUT2D eigenvalue weighted by molar-refractivity contribution is -0.121. The lowest BCUT2D eigenvalue weighted by atomic mass is 9.98. The van der Waals surface area contributed by atoms with E-state index >= 15 is 0 Å². The van der Waals surface area contributed by atoms with E-state index in [9.17, 15) is 4.79 Å². The molecule has 1 amide bonds. The highest BCUT2D eigenvalue weighted by molar-refractivity contribution is 5.99. The molecule has 1 aromatic rings. The van der Waals surface area contributed by atoms with E-state index in [0.29, 0.717) is 0 Å². The summed E-state index contributed by atoms with van der Waals surface area (Å²) >= 11 is 0. The molecule has 4 heteroatoms. The van der Waals surface area contributed by atoms with E-state index in [2.05, 4.69) is 11.4 Å². The third-order valence-electron chi connectivity index (χ3n) is 4.27. The molecule has 1 fully saturated rings. The smallest absolute Gasteiger partial charge is 0.244 e. The number of benzene rings is 1. The third kappa shape index (κ3) is 2.40. The maximum absolute atomic E-state index is 12.8. The second-order valence-corrected chi connectivity index (χ2v) is 5.56. The monoisotopic (exact) mass is 274 g/mol. The number of carbonyl (C=O) groups is 1. The molecule has 1 N–H and O–H groups in total. The number of fused-ring (bicyclic) bond motifs is 1. The predicted octanol–water partition coefficient (Wildman–Crippen LogP) is 2.12. The zero-order valence-corrected chi connectivity index (χ0v) is 12.0. The molecular formula is C16H22N2O2. The first-order valence-electron chi connectivity index (χ1n) is 7.52. The summed E-state index contributed by atoms with van der Waals surface area (Å²) in [6, 6.07) is 6.02. The zero-order valence-electron chi connectivity index (χ0n) is 12.0. The number of ether oxygens (including phenoxy) is 1. The largest absolute Gasteiger partial charge is 0.495 e. The normalized spacial score (nSPS) is 22.2. The fourth-order valence-electron chi connectivity index (χ4n) is 3.25. The van der Waals surface area contributed by atoms with Crippen molar-refractivity contribution in [1.82, 2.24) is 5.32 Å². The molecule has 1 aromatic carbocycles. The number of piperidine rings is 1. The van der Waals surface area contributed by atoms with Gasteiger partial charge in [0, 0.05) is 6.54 Å². The van der Waals surface area contributed by atoms with E-state index in [0.717, 1.165) is 50.2 Å². The van der Waals surface area contributed by atoms with Gasteiger partial charge in [-0.3, -0.25) is 4.79 Å². The van der Waals surface area contributed by atoms with Crippen LogP contribution in [0, 0.1) is 0 Å². The molecule has 1 saturated heterocycles. The summed E-state index contributed by atoms with van der Waals surface area (Å²) in [5.74, 6) is 1.02. The number of aryl methyl sites for hydroxylation is 1. The number of nitrogens with zero attached hydrogens (tertiary/aromatic N) is 1. The van der Waals surface area contributed by atoms with Crippen molar-refractivity contribution in [2.45, 2.75) is 38.1 Å². The predicted molar refractivity (Wildman–Crippen MR) is 79.3 cm³/mol. The van der Waals surface area contributed by atoms with Gasteiger partial charge in [-0.2, -0.15) is 0 Å². The lowest BCUT2D eigenvalue weighted by Gasteiger charge is -2.34. The van der Waals surface area contributed by atoms with Crippen LogP contribution in [-0.2, 0) is 11.2 Å². The molecule has 108 valence electrons. The highest BCUT2D eigenvalue weighted by atomic mass is 16.5. The second-order valence-electron chi connectivity index (χ2n) is 5.56. The van der Waals surface area contributed by atoms with Crippen molar-refractivity contribution in [3.05, 3.63) is 23.8 Å². The lowest BCUT2D eigenvalue weighted by Crippen LogP contribution is -2.50. The molecule has 0 radical (unpaired) electrons. The van der Waals surface area contributed by atoms with Crippen LogP contribution in [0.3, 0.4) is 0 Å². The van der Waals surface area contributed by atoms with Gasteiger partial charge in [-0.1, -0.05) is 18.6 Å². The van der Waals surface area contributed by atoms with Crippen molar-refractivity contribution < 1.29 is 9.53 Å². The van der Waals surface area contributed by atoms with E-state index < -0.39 is 0 Å². The van der Waals surface area contributed by atoms with Crippen LogP contribution >= 0.6 is 0 Å². The summed E-state index contributed by atoms with van der Waals surface area (Å²) in [6.07, 6.45) is 5.30. The maximum Gasteiger partial charge on any atom is 0.244 e. The van der Waals surface area contributed by atoms with Crippen molar-refractivity contribution in [1.29, 1.82) is 0 Å². The molecule has 0 spiro atoms. The highest BCUT2D eigenvalue weighted by Gasteiger charge is 2.31. The topological polar surface area (TPSA) is 41.6 Å². The minimum Gasteiger partial charge on any atom is -0.495 e. The van der Waals surface area contributed by atoms with Gasteiger partial charge in [0.2, 0.25) is 5.91 Å². The Kier molecular flexibility index (Phi) is 3.92. The standard InChI is InChI=1S/C16H22N2O2/c1-20-14-9-4-6-12-7-5-11-18(15(12)14)16(19)13-8-2-3-10-17-13/h4,6,9,13,17H,2-3,5,7-8,10-11H2,1H3/t13-/m1/s1. The first-order valence-corrected chi connectivity index (χ1v) is 7.52. The summed E-state index contributed by atoms with van der Waals surface area (Å²) < 4.78 is 5.47. The van der Waals surface area contributed by atoms with Gasteiger partial charge in [-0.25, -0.2) is 0 Å². The molecule has 1 atom stereocenters. The molecule has 3 rings (SSSR count). The van der Waals surface area contributed by atoms with Crippen LogP contribution in [0.25, 0.3) is 0 Å². The van der Waals surface area contributed by atoms with E-state index in [1.165, 1.54) is 12.0 Å². The van der Waals surface area contributed by atoms with Crippen LogP contribution in [0.5, 0.6) is 5.75 Å². The Balaban J connectivity index is 1.90. The number of para-hydroxylation sites is 1. The molecule has 4 nitrogen and oxygen atoms in total. The number of nitrogens with one attached hydrogen (secondary N) is 1. The molecule has 2 heterocycles. The quantitative estimate of drug-likeness (QED) is 0.898. The van der Waals surface area contributed by atoms with Gasteiger partial charge in [-0.05, 0) is 43.9 Å². The van der Waals surface area contributed by atoms with E-state index in [1.54, 1.807) is 7.11 Å². The minimum atomic E-state index is -0.0281. The Labute approximate surface area is 120 Å². The molecule has 2 aliphatic rings. The SMILES string of the molecule is COc1cccc2c1N(C(=O)[C@H]1CCCCN1)CCC2. The van der Waals surface area contributed by atoms with Crippen LogP contribution in [0.15, 0.2) is 18.2 Å².